The Kier molecular flexibility index (Phi) is 5.62. The molecule has 0 amide bonds. The Labute approximate surface area is 75.3 Å². The summed E-state index contributed by atoms with van der Waals surface area (Å²) in [6, 6.07) is 0. The van der Waals surface area contributed by atoms with Gasteiger partial charge >= 0.3 is 5.97 Å². The average molecular weight is 191 g/mol. The summed E-state index contributed by atoms with van der Waals surface area (Å²) in [6.45, 7) is 3.65. The van der Waals surface area contributed by atoms with E-state index in [9.17, 15) is 4.79 Å². The molecular weight excluding hydrogens is 180 g/mol. The Morgan fingerprint density at radius 2 is 2.18 bits per heavy atom. The first-order valence-electron chi connectivity index (χ1n) is 3.22. The zero-order valence-electron chi connectivity index (χ0n) is 6.53. The molecule has 1 atom stereocenters. The van der Waals surface area contributed by atoms with Crippen LogP contribution >= 0.6 is 12.6 Å². The molecule has 3 radical (unpaired) electrons. The normalized spacial score (nSPS) is 13.2. The summed E-state index contributed by atoms with van der Waals surface area (Å²) in [7, 11) is 3.00. The topological polar surface area (TPSA) is 35.5 Å². The Morgan fingerprint density at radius 1 is 1.64 bits per heavy atom. The quantitative estimate of drug-likeness (QED) is 0.301. The highest BCUT2D eigenvalue weighted by atomic mass is 32.1. The number of ether oxygens (including phenoxy) is 2. The lowest BCUT2D eigenvalue weighted by molar-refractivity contribution is -0.150. The first kappa shape index (κ1) is 11.0. The summed E-state index contributed by atoms with van der Waals surface area (Å²) in [5.41, 5.74) is -0.786. The van der Waals surface area contributed by atoms with E-state index in [0.717, 1.165) is 0 Å². The van der Waals surface area contributed by atoms with E-state index in [4.69, 9.17) is 4.74 Å². The van der Waals surface area contributed by atoms with E-state index in [1.54, 1.807) is 0 Å². The van der Waals surface area contributed by atoms with Gasteiger partial charge in [-0.25, -0.2) is 4.79 Å². The molecule has 0 aliphatic carbocycles. The lowest BCUT2D eigenvalue weighted by Gasteiger charge is -2.13. The fraction of sp³-hybridized carbons (Fsp3) is 0.833. The van der Waals surface area contributed by atoms with Crippen LogP contribution in [0.5, 0.6) is 0 Å². The minimum atomic E-state index is -0.786. The van der Waals surface area contributed by atoms with Crippen molar-refractivity contribution in [1.29, 1.82) is 0 Å². The van der Waals surface area contributed by atoms with Crippen LogP contribution in [0.25, 0.3) is 0 Å². The first-order valence-corrected chi connectivity index (χ1v) is 4.45. The van der Waals surface area contributed by atoms with Gasteiger partial charge < -0.3 is 9.47 Å². The third-order valence-corrected chi connectivity index (χ3v) is 1.29. The number of carbonyl (C=O) groups excluding carboxylic acids is 1. The molecule has 0 rings (SSSR count). The molecule has 1 unspecified atom stereocenters. The number of rotatable bonds is 4. The first-order chi connectivity index (χ1) is 5.07. The molecule has 0 heterocycles. The molecule has 0 aromatic carbocycles. The number of hydrogen-bond acceptors (Lipinski definition) is 4. The fourth-order valence-electron chi connectivity index (χ4n) is 0.456. The van der Waals surface area contributed by atoms with Gasteiger partial charge in [0.05, 0.1) is 22.6 Å². The second kappa shape index (κ2) is 5.62. The van der Waals surface area contributed by atoms with Crippen LogP contribution in [0, 0.1) is 0 Å². The van der Waals surface area contributed by atoms with E-state index in [1.165, 1.54) is 0 Å². The Bertz CT molecular complexity index is 129. The van der Waals surface area contributed by atoms with Crippen LogP contribution in [0.15, 0.2) is 0 Å². The maximum atomic E-state index is 10.8. The molecular formula is C6H11O3SSi. The number of esters is 1. The SMILES string of the molecule is CC(C)OC(S)C(=O)OC[Si]. The second-order valence-corrected chi connectivity index (χ2v) is 2.90. The van der Waals surface area contributed by atoms with Crippen molar-refractivity contribution in [2.75, 3.05) is 6.23 Å². The van der Waals surface area contributed by atoms with Gasteiger partial charge in [-0.2, -0.15) is 0 Å². The molecule has 0 aromatic rings. The van der Waals surface area contributed by atoms with Gasteiger partial charge in [0.25, 0.3) is 0 Å². The van der Waals surface area contributed by atoms with Gasteiger partial charge in [0.1, 0.15) is 0 Å². The van der Waals surface area contributed by atoms with E-state index in [-0.39, 0.29) is 12.3 Å². The Morgan fingerprint density at radius 3 is 2.55 bits per heavy atom. The number of thiol groups is 1. The summed E-state index contributed by atoms with van der Waals surface area (Å²) < 4.78 is 9.61. The number of hydrogen-bond donors (Lipinski definition) is 1. The summed E-state index contributed by atoms with van der Waals surface area (Å²) in [5.74, 6) is -0.475. The van der Waals surface area contributed by atoms with E-state index >= 15 is 0 Å². The highest BCUT2D eigenvalue weighted by molar-refractivity contribution is 7.81. The molecule has 0 aliphatic rings. The molecule has 0 saturated heterocycles. The predicted octanol–water partition coefficient (Wildman–Crippen LogP) is 0.336. The third kappa shape index (κ3) is 5.29. The highest BCUT2D eigenvalue weighted by Gasteiger charge is 2.16. The molecule has 0 aromatic heterocycles. The molecule has 0 spiro atoms. The molecule has 0 N–H and O–H groups in total. The van der Waals surface area contributed by atoms with Crippen molar-refractivity contribution in [2.24, 2.45) is 0 Å². The molecule has 63 valence electrons. The van der Waals surface area contributed by atoms with Gasteiger partial charge in [-0.1, -0.05) is 0 Å². The van der Waals surface area contributed by atoms with Crippen molar-refractivity contribution in [1.82, 2.24) is 0 Å². The van der Waals surface area contributed by atoms with Crippen LogP contribution in [-0.4, -0.2) is 34.0 Å². The van der Waals surface area contributed by atoms with Crippen LogP contribution in [0.3, 0.4) is 0 Å². The Balaban J connectivity index is 3.64. The van der Waals surface area contributed by atoms with Crippen LogP contribution in [0.1, 0.15) is 13.8 Å². The maximum absolute atomic E-state index is 10.8. The maximum Gasteiger partial charge on any atom is 0.345 e. The lowest BCUT2D eigenvalue weighted by Crippen LogP contribution is -2.24. The van der Waals surface area contributed by atoms with E-state index in [2.05, 4.69) is 27.6 Å². The zero-order valence-corrected chi connectivity index (χ0v) is 8.43. The van der Waals surface area contributed by atoms with Crippen molar-refractivity contribution in [2.45, 2.75) is 25.4 Å². The van der Waals surface area contributed by atoms with E-state index in [1.807, 2.05) is 13.8 Å². The second-order valence-electron chi connectivity index (χ2n) is 2.14. The van der Waals surface area contributed by atoms with Gasteiger partial charge in [-0.3, -0.25) is 0 Å². The molecule has 0 bridgehead atoms. The summed E-state index contributed by atoms with van der Waals surface area (Å²) in [5, 5.41) is 0. The predicted molar refractivity (Wildman–Crippen MR) is 45.7 cm³/mol. The minimum Gasteiger partial charge on any atom is -0.468 e. The van der Waals surface area contributed by atoms with Crippen molar-refractivity contribution >= 4 is 28.8 Å². The van der Waals surface area contributed by atoms with Gasteiger partial charge in [-0.15, -0.1) is 12.6 Å². The third-order valence-electron chi connectivity index (χ3n) is 0.817. The van der Waals surface area contributed by atoms with Gasteiger partial charge in [0.2, 0.25) is 0 Å². The summed E-state index contributed by atoms with van der Waals surface area (Å²) >= 11 is 3.88. The van der Waals surface area contributed by atoms with Crippen LogP contribution in [-0.2, 0) is 14.3 Å². The average Bonchev–Trinajstić information content (AvgIpc) is 1.86. The standard InChI is InChI=1S/C6H11O3SSi/c1-4(2)9-6(10)5(7)8-3-11/h4,6,10H,3H2,1-2H3. The molecule has 5 heteroatoms. The van der Waals surface area contributed by atoms with Crippen LogP contribution < -0.4 is 0 Å². The summed E-state index contributed by atoms with van der Waals surface area (Å²) in [6.07, 6.45) is 0.136. The van der Waals surface area contributed by atoms with Crippen molar-refractivity contribution in [3.05, 3.63) is 0 Å². The lowest BCUT2D eigenvalue weighted by atomic mass is 10.5. The molecule has 0 fully saturated rings. The van der Waals surface area contributed by atoms with Crippen molar-refractivity contribution in [3.8, 4) is 0 Å². The van der Waals surface area contributed by atoms with E-state index in [0.29, 0.717) is 0 Å². The van der Waals surface area contributed by atoms with E-state index < -0.39 is 11.4 Å². The molecule has 3 nitrogen and oxygen atoms in total. The van der Waals surface area contributed by atoms with Gasteiger partial charge in [0, 0.05) is 0 Å². The highest BCUT2D eigenvalue weighted by Crippen LogP contribution is 2.03. The fourth-order valence-corrected chi connectivity index (χ4v) is 0.916. The summed E-state index contributed by atoms with van der Waals surface area (Å²) in [4.78, 5) is 10.8. The van der Waals surface area contributed by atoms with Crippen molar-refractivity contribution in [3.63, 3.8) is 0 Å². The number of carbonyl (C=O) groups is 1. The molecule has 0 aliphatic heterocycles. The largest absolute Gasteiger partial charge is 0.468 e. The molecule has 11 heavy (non-hydrogen) atoms. The smallest absolute Gasteiger partial charge is 0.345 e. The minimum absolute atomic E-state index is 0.0280. The van der Waals surface area contributed by atoms with Gasteiger partial charge in [-0.05, 0) is 13.8 Å². The van der Waals surface area contributed by atoms with Crippen LogP contribution in [0.4, 0.5) is 0 Å². The zero-order chi connectivity index (χ0) is 8.85. The monoisotopic (exact) mass is 191 g/mol. The Hall–Kier alpha value is -0.00312. The van der Waals surface area contributed by atoms with Crippen molar-refractivity contribution < 1.29 is 14.3 Å². The molecule has 0 saturated carbocycles. The van der Waals surface area contributed by atoms with Crippen LogP contribution in [0.2, 0.25) is 0 Å². The van der Waals surface area contributed by atoms with Gasteiger partial charge in [0.15, 0.2) is 5.44 Å².